The first-order valence-corrected chi connectivity index (χ1v) is 6.90. The summed E-state index contributed by atoms with van der Waals surface area (Å²) in [6.45, 7) is 0.763. The molecule has 0 unspecified atom stereocenters. The first-order valence-electron chi connectivity index (χ1n) is 5.75. The lowest BCUT2D eigenvalue weighted by Crippen LogP contribution is -2.07. The van der Waals surface area contributed by atoms with E-state index in [1.807, 2.05) is 48.5 Å². The first kappa shape index (κ1) is 13.0. The summed E-state index contributed by atoms with van der Waals surface area (Å²) >= 11 is 0. The minimum atomic E-state index is -1.23. The molecule has 94 valence electrons. The minimum absolute atomic E-state index is 0.382. The highest BCUT2D eigenvalue weighted by molar-refractivity contribution is 7.85. The smallest absolute Gasteiger partial charge is 0.0856 e. The second-order valence-corrected chi connectivity index (χ2v) is 5.31. The standard InChI is InChI=1S/C14H16N2OS/c15-9-11-5-1-3-7-13(11)18(17)14-8-4-2-6-12(14)10-16/h1-8H,9-10,15-16H2. The summed E-state index contributed by atoms with van der Waals surface area (Å²) in [5.41, 5.74) is 13.2. The van der Waals surface area contributed by atoms with Crippen molar-refractivity contribution >= 4 is 10.8 Å². The Kier molecular flexibility index (Phi) is 4.25. The summed E-state index contributed by atoms with van der Waals surface area (Å²) < 4.78 is 12.6. The van der Waals surface area contributed by atoms with Gasteiger partial charge in [0.05, 0.1) is 10.8 Å². The Labute approximate surface area is 109 Å². The number of hydrogen-bond donors (Lipinski definition) is 2. The predicted octanol–water partition coefficient (Wildman–Crippen LogP) is 1.77. The van der Waals surface area contributed by atoms with E-state index < -0.39 is 10.8 Å². The Morgan fingerprint density at radius 1 is 0.778 bits per heavy atom. The molecule has 2 aromatic rings. The molecule has 0 spiro atoms. The lowest BCUT2D eigenvalue weighted by Gasteiger charge is -2.10. The van der Waals surface area contributed by atoms with Gasteiger partial charge in [0.1, 0.15) is 0 Å². The van der Waals surface area contributed by atoms with E-state index in [0.717, 1.165) is 20.9 Å². The molecule has 0 bridgehead atoms. The van der Waals surface area contributed by atoms with Gasteiger partial charge in [0.15, 0.2) is 0 Å². The van der Waals surface area contributed by atoms with Crippen molar-refractivity contribution in [1.82, 2.24) is 0 Å². The summed E-state index contributed by atoms with van der Waals surface area (Å²) in [6.07, 6.45) is 0. The van der Waals surface area contributed by atoms with Gasteiger partial charge in [0, 0.05) is 22.9 Å². The van der Waals surface area contributed by atoms with Crippen LogP contribution in [0.1, 0.15) is 11.1 Å². The average molecular weight is 260 g/mol. The predicted molar refractivity (Wildman–Crippen MR) is 73.3 cm³/mol. The molecule has 0 saturated carbocycles. The maximum absolute atomic E-state index is 12.6. The van der Waals surface area contributed by atoms with Crippen LogP contribution in [0.2, 0.25) is 0 Å². The highest BCUT2D eigenvalue weighted by atomic mass is 32.2. The van der Waals surface area contributed by atoms with Crippen LogP contribution >= 0.6 is 0 Å². The van der Waals surface area contributed by atoms with Crippen LogP contribution in [0, 0.1) is 0 Å². The number of hydrogen-bond acceptors (Lipinski definition) is 3. The molecule has 0 saturated heterocycles. The maximum Gasteiger partial charge on any atom is 0.0856 e. The zero-order valence-corrected chi connectivity index (χ0v) is 10.8. The summed E-state index contributed by atoms with van der Waals surface area (Å²) in [5.74, 6) is 0. The van der Waals surface area contributed by atoms with Crippen LogP contribution in [-0.4, -0.2) is 4.21 Å². The Morgan fingerprint density at radius 2 is 1.17 bits per heavy atom. The van der Waals surface area contributed by atoms with E-state index in [0.29, 0.717) is 13.1 Å². The van der Waals surface area contributed by atoms with Crippen molar-refractivity contribution in [3.63, 3.8) is 0 Å². The monoisotopic (exact) mass is 260 g/mol. The van der Waals surface area contributed by atoms with Crippen molar-refractivity contribution in [3.05, 3.63) is 59.7 Å². The fraction of sp³-hybridized carbons (Fsp3) is 0.143. The molecule has 0 fully saturated rings. The molecule has 3 nitrogen and oxygen atoms in total. The van der Waals surface area contributed by atoms with E-state index in [4.69, 9.17) is 11.5 Å². The zero-order valence-electron chi connectivity index (χ0n) is 10.0. The number of rotatable bonds is 4. The normalized spacial score (nSPS) is 10.8. The molecule has 0 aliphatic carbocycles. The van der Waals surface area contributed by atoms with Crippen LogP contribution in [0.3, 0.4) is 0 Å². The molecular weight excluding hydrogens is 244 g/mol. The SMILES string of the molecule is NCc1ccccc1S(=O)c1ccccc1CN. The molecule has 0 atom stereocenters. The molecule has 4 heteroatoms. The van der Waals surface area contributed by atoms with Gasteiger partial charge in [0.2, 0.25) is 0 Å². The summed E-state index contributed by atoms with van der Waals surface area (Å²) in [5, 5.41) is 0. The second kappa shape index (κ2) is 5.91. The van der Waals surface area contributed by atoms with Gasteiger partial charge in [-0.15, -0.1) is 0 Å². The summed E-state index contributed by atoms with van der Waals surface area (Å²) in [7, 11) is -1.23. The van der Waals surface area contributed by atoms with Crippen LogP contribution in [-0.2, 0) is 23.9 Å². The Hall–Kier alpha value is -1.49. The quantitative estimate of drug-likeness (QED) is 0.880. The van der Waals surface area contributed by atoms with Crippen molar-refractivity contribution in [1.29, 1.82) is 0 Å². The average Bonchev–Trinajstić information content (AvgIpc) is 2.46. The van der Waals surface area contributed by atoms with Crippen LogP contribution < -0.4 is 11.5 Å². The van der Waals surface area contributed by atoms with E-state index >= 15 is 0 Å². The third kappa shape index (κ3) is 2.51. The first-order chi connectivity index (χ1) is 8.77. The Bertz CT molecular complexity index is 520. The van der Waals surface area contributed by atoms with Gasteiger partial charge >= 0.3 is 0 Å². The van der Waals surface area contributed by atoms with Gasteiger partial charge in [-0.1, -0.05) is 36.4 Å². The third-order valence-corrected chi connectivity index (χ3v) is 4.38. The van der Waals surface area contributed by atoms with Gasteiger partial charge in [0.25, 0.3) is 0 Å². The topological polar surface area (TPSA) is 69.1 Å². The van der Waals surface area contributed by atoms with Crippen LogP contribution in [0.25, 0.3) is 0 Å². The second-order valence-electron chi connectivity index (χ2n) is 3.89. The van der Waals surface area contributed by atoms with Gasteiger partial charge in [-0.25, -0.2) is 4.21 Å². The van der Waals surface area contributed by atoms with Gasteiger partial charge in [-0.05, 0) is 23.3 Å². The van der Waals surface area contributed by atoms with Gasteiger partial charge in [-0.3, -0.25) is 0 Å². The van der Waals surface area contributed by atoms with Crippen molar-refractivity contribution in [2.24, 2.45) is 11.5 Å². The zero-order chi connectivity index (χ0) is 13.0. The molecule has 0 aliphatic heterocycles. The number of nitrogens with two attached hydrogens (primary N) is 2. The van der Waals surface area contributed by atoms with E-state index in [9.17, 15) is 4.21 Å². The molecule has 0 radical (unpaired) electrons. The van der Waals surface area contributed by atoms with E-state index in [2.05, 4.69) is 0 Å². The highest BCUT2D eigenvalue weighted by Crippen LogP contribution is 2.22. The van der Waals surface area contributed by atoms with Crippen LogP contribution in [0.4, 0.5) is 0 Å². The fourth-order valence-electron chi connectivity index (χ4n) is 1.83. The Morgan fingerprint density at radius 3 is 1.56 bits per heavy atom. The van der Waals surface area contributed by atoms with Crippen molar-refractivity contribution in [2.75, 3.05) is 0 Å². The lowest BCUT2D eigenvalue weighted by molar-refractivity contribution is 0.681. The molecule has 0 aliphatic rings. The van der Waals surface area contributed by atoms with Crippen molar-refractivity contribution in [2.45, 2.75) is 22.9 Å². The van der Waals surface area contributed by atoms with Crippen molar-refractivity contribution in [3.8, 4) is 0 Å². The molecule has 0 aromatic heterocycles. The van der Waals surface area contributed by atoms with Crippen molar-refractivity contribution < 1.29 is 4.21 Å². The van der Waals surface area contributed by atoms with Crippen LogP contribution in [0.15, 0.2) is 58.3 Å². The van der Waals surface area contributed by atoms with Crippen LogP contribution in [0.5, 0.6) is 0 Å². The molecule has 0 heterocycles. The molecule has 2 rings (SSSR count). The molecule has 4 N–H and O–H groups in total. The highest BCUT2D eigenvalue weighted by Gasteiger charge is 2.13. The molecule has 0 amide bonds. The summed E-state index contributed by atoms with van der Waals surface area (Å²) in [4.78, 5) is 1.53. The van der Waals surface area contributed by atoms with Gasteiger partial charge in [-0.2, -0.15) is 0 Å². The van der Waals surface area contributed by atoms with Gasteiger partial charge < -0.3 is 11.5 Å². The van der Waals surface area contributed by atoms with E-state index in [1.54, 1.807) is 0 Å². The largest absolute Gasteiger partial charge is 0.326 e. The molecule has 2 aromatic carbocycles. The number of benzene rings is 2. The lowest BCUT2D eigenvalue weighted by atomic mass is 10.2. The minimum Gasteiger partial charge on any atom is -0.326 e. The molecular formula is C14H16N2OS. The summed E-state index contributed by atoms with van der Waals surface area (Å²) in [6, 6.07) is 15.1. The third-order valence-electron chi connectivity index (χ3n) is 2.78. The maximum atomic E-state index is 12.6. The Balaban J connectivity index is 2.48. The van der Waals surface area contributed by atoms with E-state index in [-0.39, 0.29) is 0 Å². The van der Waals surface area contributed by atoms with E-state index in [1.165, 1.54) is 0 Å². The fourth-order valence-corrected chi connectivity index (χ4v) is 3.25. The molecule has 18 heavy (non-hydrogen) atoms.